The van der Waals surface area contributed by atoms with Crippen molar-refractivity contribution in [3.05, 3.63) is 36.4 Å². The molecule has 0 spiro atoms. The van der Waals surface area contributed by atoms with Crippen LogP contribution >= 0.6 is 0 Å². The largest absolute Gasteiger partial charge is 0.442 e. The van der Waals surface area contributed by atoms with Crippen molar-refractivity contribution in [1.29, 1.82) is 0 Å². The first-order chi connectivity index (χ1) is 12.7. The molecule has 8 nitrogen and oxygen atoms in total. The first kappa shape index (κ1) is 16.4. The minimum atomic E-state index is -0.311. The first-order valence-electron chi connectivity index (χ1n) is 8.74. The van der Waals surface area contributed by atoms with Crippen molar-refractivity contribution in [2.45, 2.75) is 6.10 Å². The molecule has 1 fully saturated rings. The fourth-order valence-corrected chi connectivity index (χ4v) is 3.08. The van der Waals surface area contributed by atoms with Gasteiger partial charge in [-0.1, -0.05) is 6.08 Å². The number of aliphatic imine (C=N–C) groups is 1. The van der Waals surface area contributed by atoms with Crippen molar-refractivity contribution in [1.82, 2.24) is 10.3 Å². The number of nitrogens with one attached hydrogen (secondary N) is 1. The van der Waals surface area contributed by atoms with Crippen LogP contribution in [0.1, 0.15) is 0 Å². The highest BCUT2D eigenvalue weighted by atomic mass is 16.6. The summed E-state index contributed by atoms with van der Waals surface area (Å²) in [6.45, 7) is 3.56. The summed E-state index contributed by atoms with van der Waals surface area (Å²) < 4.78 is 5.45. The van der Waals surface area contributed by atoms with Gasteiger partial charge in [0.25, 0.3) is 0 Å². The number of likely N-dealkylation sites (N-methyl/N-ethyl adjacent to an activating group) is 1. The van der Waals surface area contributed by atoms with E-state index in [1.165, 1.54) is 0 Å². The molecule has 3 aliphatic rings. The Morgan fingerprint density at radius 3 is 2.73 bits per heavy atom. The first-order valence-corrected chi connectivity index (χ1v) is 8.74. The van der Waals surface area contributed by atoms with Crippen LogP contribution in [0.25, 0.3) is 0 Å². The molecule has 0 bridgehead atoms. The van der Waals surface area contributed by atoms with Crippen molar-refractivity contribution in [3.8, 4) is 0 Å². The number of amidine groups is 1. The van der Waals surface area contributed by atoms with Crippen molar-refractivity contribution >= 4 is 29.6 Å². The third-order valence-corrected chi connectivity index (χ3v) is 4.57. The van der Waals surface area contributed by atoms with Gasteiger partial charge in [-0.05, 0) is 30.3 Å². The number of hydrogen-bond acceptors (Lipinski definition) is 7. The fraction of sp³-hybridized carbons (Fsp3) is 0.389. The van der Waals surface area contributed by atoms with Gasteiger partial charge in [0.1, 0.15) is 18.3 Å². The van der Waals surface area contributed by atoms with Crippen LogP contribution in [0.3, 0.4) is 0 Å². The zero-order valence-electron chi connectivity index (χ0n) is 14.7. The molecule has 136 valence electrons. The summed E-state index contributed by atoms with van der Waals surface area (Å²) in [7, 11) is 1.96. The Bertz CT molecular complexity index is 757. The van der Waals surface area contributed by atoms with Crippen LogP contribution in [0.2, 0.25) is 0 Å². The SMILES string of the molecule is CN1CCN(c2ccc(N3C[C@H](CNC4=NCC=C4)OC3=O)cc2)C=N1. The van der Waals surface area contributed by atoms with E-state index in [1.807, 2.05) is 54.8 Å². The van der Waals surface area contributed by atoms with E-state index in [-0.39, 0.29) is 12.2 Å². The molecular formula is C18H22N6O2. The number of nitrogens with zero attached hydrogens (tertiary/aromatic N) is 5. The van der Waals surface area contributed by atoms with Gasteiger partial charge in [0.05, 0.1) is 26.2 Å². The average Bonchev–Trinajstić information content (AvgIpc) is 3.30. The minimum absolute atomic E-state index is 0.191. The smallest absolute Gasteiger partial charge is 0.414 e. The molecule has 1 amide bonds. The molecule has 0 aromatic heterocycles. The lowest BCUT2D eigenvalue weighted by Crippen LogP contribution is -2.36. The molecule has 0 saturated carbocycles. The van der Waals surface area contributed by atoms with Gasteiger partial charge in [-0.15, -0.1) is 0 Å². The highest BCUT2D eigenvalue weighted by Gasteiger charge is 2.32. The van der Waals surface area contributed by atoms with Gasteiger partial charge >= 0.3 is 6.09 Å². The van der Waals surface area contributed by atoms with Crippen LogP contribution < -0.4 is 15.1 Å². The number of cyclic esters (lactones) is 1. The monoisotopic (exact) mass is 354 g/mol. The maximum Gasteiger partial charge on any atom is 0.414 e. The van der Waals surface area contributed by atoms with Crippen LogP contribution in [0.5, 0.6) is 0 Å². The second kappa shape index (κ2) is 7.07. The van der Waals surface area contributed by atoms with Crippen LogP contribution in [0.4, 0.5) is 16.2 Å². The van der Waals surface area contributed by atoms with Crippen LogP contribution in [0, 0.1) is 0 Å². The van der Waals surface area contributed by atoms with Gasteiger partial charge in [-0.25, -0.2) is 4.79 Å². The van der Waals surface area contributed by atoms with Crippen molar-refractivity contribution in [2.75, 3.05) is 49.6 Å². The summed E-state index contributed by atoms with van der Waals surface area (Å²) in [4.78, 5) is 20.2. The predicted molar refractivity (Wildman–Crippen MR) is 102 cm³/mol. The lowest BCUT2D eigenvalue weighted by atomic mass is 10.2. The standard InChI is InChI=1S/C18H22N6O2/c1-22-9-10-23(13-21-22)14-4-6-15(7-5-14)24-12-16(26-18(24)25)11-20-17-3-2-8-19-17/h2-7,13,16H,8-12H2,1H3,(H,19,20)/t16-/m0/s1. The topological polar surface area (TPSA) is 72.8 Å². The highest BCUT2D eigenvalue weighted by molar-refractivity contribution is 5.95. The minimum Gasteiger partial charge on any atom is -0.442 e. The van der Waals surface area contributed by atoms with Gasteiger partial charge in [0.15, 0.2) is 0 Å². The molecule has 0 radical (unpaired) electrons. The maximum atomic E-state index is 12.2. The zero-order valence-corrected chi connectivity index (χ0v) is 14.7. The van der Waals surface area contributed by atoms with Gasteiger partial charge in [0, 0.05) is 25.0 Å². The molecule has 8 heteroatoms. The van der Waals surface area contributed by atoms with Crippen LogP contribution in [0.15, 0.2) is 46.5 Å². The lowest BCUT2D eigenvalue weighted by Gasteiger charge is -2.27. The molecule has 4 rings (SSSR count). The number of carbonyl (C=O) groups excluding carboxylic acids is 1. The molecule has 3 aliphatic heterocycles. The molecule has 1 aromatic rings. The average molecular weight is 354 g/mol. The van der Waals surface area contributed by atoms with E-state index in [0.717, 1.165) is 30.3 Å². The number of hydrazone groups is 1. The quantitative estimate of drug-likeness (QED) is 0.881. The zero-order chi connectivity index (χ0) is 17.9. The number of amides is 1. The molecule has 3 heterocycles. The van der Waals surface area contributed by atoms with E-state index in [1.54, 1.807) is 4.90 Å². The highest BCUT2D eigenvalue weighted by Crippen LogP contribution is 2.25. The number of ether oxygens (including phenoxy) is 1. The summed E-state index contributed by atoms with van der Waals surface area (Å²) >= 11 is 0. The van der Waals surface area contributed by atoms with Crippen molar-refractivity contribution in [3.63, 3.8) is 0 Å². The van der Waals surface area contributed by atoms with Gasteiger partial charge in [-0.2, -0.15) is 5.10 Å². The summed E-state index contributed by atoms with van der Waals surface area (Å²) in [5.74, 6) is 0.845. The molecule has 1 N–H and O–H groups in total. The van der Waals surface area contributed by atoms with E-state index in [2.05, 4.69) is 20.3 Å². The van der Waals surface area contributed by atoms with E-state index in [0.29, 0.717) is 19.6 Å². The number of rotatable bonds is 4. The second-order valence-corrected chi connectivity index (χ2v) is 6.45. The van der Waals surface area contributed by atoms with E-state index < -0.39 is 0 Å². The third kappa shape index (κ3) is 3.49. The Balaban J connectivity index is 1.37. The summed E-state index contributed by atoms with van der Waals surface area (Å²) in [6, 6.07) is 7.90. The number of carbonyl (C=O) groups is 1. The van der Waals surface area contributed by atoms with Gasteiger partial charge < -0.3 is 15.0 Å². The Hall–Kier alpha value is -3.03. The Morgan fingerprint density at radius 1 is 1.23 bits per heavy atom. The molecule has 26 heavy (non-hydrogen) atoms. The molecule has 0 aliphatic carbocycles. The third-order valence-electron chi connectivity index (χ3n) is 4.57. The summed E-state index contributed by atoms with van der Waals surface area (Å²) in [6.07, 6.45) is 5.25. The molecular weight excluding hydrogens is 332 g/mol. The molecule has 1 saturated heterocycles. The van der Waals surface area contributed by atoms with E-state index in [4.69, 9.17) is 4.74 Å². The normalized spacial score (nSPS) is 22.0. The van der Waals surface area contributed by atoms with Crippen molar-refractivity contribution < 1.29 is 9.53 Å². The number of hydrogen-bond donors (Lipinski definition) is 1. The van der Waals surface area contributed by atoms with E-state index in [9.17, 15) is 4.79 Å². The number of anilines is 2. The summed E-state index contributed by atoms with van der Waals surface area (Å²) in [5, 5.41) is 9.41. The van der Waals surface area contributed by atoms with Crippen molar-refractivity contribution in [2.24, 2.45) is 10.1 Å². The number of benzene rings is 1. The maximum absolute atomic E-state index is 12.2. The van der Waals surface area contributed by atoms with Gasteiger partial charge in [0.2, 0.25) is 0 Å². The Morgan fingerprint density at radius 2 is 2.04 bits per heavy atom. The Kier molecular flexibility index (Phi) is 4.47. The second-order valence-electron chi connectivity index (χ2n) is 6.45. The predicted octanol–water partition coefficient (Wildman–Crippen LogP) is 1.26. The lowest BCUT2D eigenvalue weighted by molar-refractivity contribution is 0.143. The Labute approximate surface area is 152 Å². The van der Waals surface area contributed by atoms with Crippen LogP contribution in [-0.2, 0) is 4.74 Å². The summed E-state index contributed by atoms with van der Waals surface area (Å²) in [5.41, 5.74) is 1.90. The fourth-order valence-electron chi connectivity index (χ4n) is 3.08. The molecule has 1 atom stereocenters. The molecule has 1 aromatic carbocycles. The van der Waals surface area contributed by atoms with Crippen LogP contribution in [-0.4, -0.2) is 69.2 Å². The van der Waals surface area contributed by atoms with E-state index >= 15 is 0 Å². The van der Waals surface area contributed by atoms with Gasteiger partial charge in [-0.3, -0.25) is 14.9 Å². The molecule has 0 unspecified atom stereocenters.